The summed E-state index contributed by atoms with van der Waals surface area (Å²) in [4.78, 5) is 3.30. The minimum Gasteiger partial charge on any atom is -0.339 e. The largest absolute Gasteiger partial charge is 0.339 e. The molecule has 4 rings (SSSR count). The number of anilines is 1. The summed E-state index contributed by atoms with van der Waals surface area (Å²) in [5.41, 5.74) is 0.732. The molecule has 9 heteroatoms. The zero-order valence-corrected chi connectivity index (χ0v) is 14.8. The van der Waals surface area contributed by atoms with Gasteiger partial charge in [-0.2, -0.15) is 4.98 Å². The number of sulfonamides is 1. The van der Waals surface area contributed by atoms with Gasteiger partial charge in [0.1, 0.15) is 11.6 Å². The molecule has 2 aromatic carbocycles. The molecule has 1 N–H and O–H groups in total. The second kappa shape index (κ2) is 6.73. The predicted octanol–water partition coefficient (Wildman–Crippen LogP) is 3.62. The molecule has 1 aromatic heterocycles. The molecule has 0 bridgehead atoms. The van der Waals surface area contributed by atoms with Crippen LogP contribution in [0.25, 0.3) is 0 Å². The highest BCUT2D eigenvalue weighted by molar-refractivity contribution is 7.92. The molecule has 0 amide bonds. The molecular weight excluding hydrogens is 376 g/mol. The van der Waals surface area contributed by atoms with E-state index >= 15 is 0 Å². The van der Waals surface area contributed by atoms with Crippen molar-refractivity contribution >= 4 is 15.7 Å². The first-order chi connectivity index (χ1) is 12.9. The normalized spacial score (nSPS) is 14.3. The Balaban J connectivity index is 1.62. The summed E-state index contributed by atoms with van der Waals surface area (Å²) in [6.07, 6.45) is 2.26. The smallest absolute Gasteiger partial charge is 0.267 e. The Morgan fingerprint density at radius 1 is 1.07 bits per heavy atom. The Hall–Kier alpha value is -2.81. The molecule has 0 aliphatic heterocycles. The van der Waals surface area contributed by atoms with Crippen molar-refractivity contribution in [2.45, 2.75) is 30.1 Å². The predicted molar refractivity (Wildman–Crippen MR) is 92.7 cm³/mol. The molecule has 6 nitrogen and oxygen atoms in total. The van der Waals surface area contributed by atoms with Crippen molar-refractivity contribution in [3.63, 3.8) is 0 Å². The van der Waals surface area contributed by atoms with Crippen molar-refractivity contribution < 1.29 is 21.7 Å². The molecule has 1 fully saturated rings. The van der Waals surface area contributed by atoms with Crippen molar-refractivity contribution in [1.82, 2.24) is 10.1 Å². The third-order valence-corrected chi connectivity index (χ3v) is 5.63. The lowest BCUT2D eigenvalue weighted by molar-refractivity contribution is 0.379. The topological polar surface area (TPSA) is 85.1 Å². The average Bonchev–Trinajstić information content (AvgIpc) is 3.36. The number of aromatic nitrogens is 2. The average molecular weight is 391 g/mol. The molecule has 0 saturated heterocycles. The van der Waals surface area contributed by atoms with Crippen LogP contribution in [-0.4, -0.2) is 18.6 Å². The van der Waals surface area contributed by atoms with Crippen LogP contribution >= 0.6 is 0 Å². The summed E-state index contributed by atoms with van der Waals surface area (Å²) < 4.78 is 60.3. The monoisotopic (exact) mass is 391 g/mol. The van der Waals surface area contributed by atoms with Crippen LogP contribution in [0.3, 0.4) is 0 Å². The van der Waals surface area contributed by atoms with E-state index in [4.69, 9.17) is 4.52 Å². The van der Waals surface area contributed by atoms with Gasteiger partial charge in [0.2, 0.25) is 5.89 Å². The van der Waals surface area contributed by atoms with E-state index in [9.17, 15) is 17.2 Å². The Kier molecular flexibility index (Phi) is 4.39. The molecule has 1 aliphatic rings. The summed E-state index contributed by atoms with van der Waals surface area (Å²) in [5, 5.41) is 3.93. The van der Waals surface area contributed by atoms with Crippen LogP contribution in [0.15, 0.2) is 51.9 Å². The van der Waals surface area contributed by atoms with E-state index in [0.717, 1.165) is 31.0 Å². The van der Waals surface area contributed by atoms with E-state index in [1.54, 1.807) is 18.2 Å². The SMILES string of the molecule is O=S(=O)(Nc1ccccc1Cc1nc(C2CC2)no1)c1c(F)cccc1F. The number of para-hydroxylation sites is 1. The highest BCUT2D eigenvalue weighted by atomic mass is 32.2. The Labute approximate surface area is 154 Å². The van der Waals surface area contributed by atoms with Gasteiger partial charge in [-0.25, -0.2) is 17.2 Å². The summed E-state index contributed by atoms with van der Waals surface area (Å²) in [6, 6.07) is 9.39. The number of benzene rings is 2. The van der Waals surface area contributed by atoms with E-state index < -0.39 is 26.6 Å². The van der Waals surface area contributed by atoms with Crippen LogP contribution in [0.1, 0.15) is 36.0 Å². The van der Waals surface area contributed by atoms with Crippen LogP contribution in [0.4, 0.5) is 14.5 Å². The van der Waals surface area contributed by atoms with Crippen molar-refractivity contribution in [2.75, 3.05) is 4.72 Å². The van der Waals surface area contributed by atoms with Crippen molar-refractivity contribution in [1.29, 1.82) is 0 Å². The number of rotatable bonds is 6. The maximum atomic E-state index is 13.9. The highest BCUT2D eigenvalue weighted by Gasteiger charge is 2.29. The fourth-order valence-electron chi connectivity index (χ4n) is 2.72. The number of nitrogens with zero attached hydrogens (tertiary/aromatic N) is 2. The van der Waals surface area contributed by atoms with Gasteiger partial charge in [-0.3, -0.25) is 4.72 Å². The highest BCUT2D eigenvalue weighted by Crippen LogP contribution is 2.38. The Morgan fingerprint density at radius 2 is 1.78 bits per heavy atom. The molecular formula is C18H15F2N3O3S. The zero-order chi connectivity index (χ0) is 19.0. The lowest BCUT2D eigenvalue weighted by Gasteiger charge is -2.12. The van der Waals surface area contributed by atoms with Crippen LogP contribution < -0.4 is 4.72 Å². The number of nitrogens with one attached hydrogen (secondary N) is 1. The van der Waals surface area contributed by atoms with Crippen molar-refractivity contribution in [3.8, 4) is 0 Å². The van der Waals surface area contributed by atoms with Gasteiger partial charge in [0.05, 0.1) is 12.1 Å². The van der Waals surface area contributed by atoms with Gasteiger partial charge in [-0.1, -0.05) is 29.4 Å². The van der Waals surface area contributed by atoms with E-state index in [2.05, 4.69) is 14.9 Å². The van der Waals surface area contributed by atoms with Gasteiger partial charge in [-0.05, 0) is 36.6 Å². The first-order valence-corrected chi connectivity index (χ1v) is 9.79. The standard InChI is InChI=1S/C18H15F2N3O3S/c19-13-5-3-6-14(20)17(13)27(24,25)23-15-7-2-1-4-12(15)10-16-21-18(22-26-16)11-8-9-11/h1-7,11,23H,8-10H2. The number of hydrogen-bond acceptors (Lipinski definition) is 5. The van der Waals surface area contributed by atoms with Gasteiger partial charge in [0.15, 0.2) is 10.7 Å². The molecule has 1 heterocycles. The third-order valence-electron chi connectivity index (χ3n) is 4.22. The molecule has 27 heavy (non-hydrogen) atoms. The van der Waals surface area contributed by atoms with Crippen LogP contribution in [-0.2, 0) is 16.4 Å². The second-order valence-corrected chi connectivity index (χ2v) is 7.93. The summed E-state index contributed by atoms with van der Waals surface area (Å²) in [7, 11) is -4.45. The van der Waals surface area contributed by atoms with Gasteiger partial charge in [0, 0.05) is 5.92 Å². The molecule has 0 atom stereocenters. The summed E-state index contributed by atoms with van der Waals surface area (Å²) in [5.74, 6) is -0.991. The maximum Gasteiger partial charge on any atom is 0.267 e. The Bertz CT molecular complexity index is 1070. The van der Waals surface area contributed by atoms with E-state index in [0.29, 0.717) is 23.2 Å². The zero-order valence-electron chi connectivity index (χ0n) is 14.0. The summed E-state index contributed by atoms with van der Waals surface area (Å²) >= 11 is 0. The molecule has 3 aromatic rings. The molecule has 0 unspecified atom stereocenters. The quantitative estimate of drug-likeness (QED) is 0.694. The fraction of sp³-hybridized carbons (Fsp3) is 0.222. The number of halogens is 2. The first-order valence-electron chi connectivity index (χ1n) is 8.31. The third kappa shape index (κ3) is 3.68. The number of hydrogen-bond donors (Lipinski definition) is 1. The molecule has 1 aliphatic carbocycles. The Morgan fingerprint density at radius 3 is 2.48 bits per heavy atom. The fourth-order valence-corrected chi connectivity index (χ4v) is 3.96. The van der Waals surface area contributed by atoms with Gasteiger partial charge in [-0.15, -0.1) is 0 Å². The molecule has 140 valence electrons. The van der Waals surface area contributed by atoms with Gasteiger partial charge >= 0.3 is 0 Å². The van der Waals surface area contributed by atoms with E-state index in [1.165, 1.54) is 6.07 Å². The first kappa shape index (κ1) is 17.6. The van der Waals surface area contributed by atoms with Gasteiger partial charge < -0.3 is 4.52 Å². The minimum atomic E-state index is -4.45. The van der Waals surface area contributed by atoms with Crippen molar-refractivity contribution in [3.05, 3.63) is 71.4 Å². The lowest BCUT2D eigenvalue weighted by Crippen LogP contribution is -2.17. The van der Waals surface area contributed by atoms with Gasteiger partial charge in [0.25, 0.3) is 10.0 Å². The van der Waals surface area contributed by atoms with E-state index in [-0.39, 0.29) is 12.1 Å². The minimum absolute atomic E-state index is 0.186. The lowest BCUT2D eigenvalue weighted by atomic mass is 10.1. The molecule has 0 spiro atoms. The van der Waals surface area contributed by atoms with Crippen molar-refractivity contribution in [2.24, 2.45) is 0 Å². The maximum absolute atomic E-state index is 13.9. The second-order valence-electron chi connectivity index (χ2n) is 6.31. The summed E-state index contributed by atoms with van der Waals surface area (Å²) in [6.45, 7) is 0. The van der Waals surface area contributed by atoms with Crippen LogP contribution in [0.2, 0.25) is 0 Å². The molecule has 1 saturated carbocycles. The van der Waals surface area contributed by atoms with E-state index in [1.807, 2.05) is 0 Å². The molecule has 0 radical (unpaired) electrons. The van der Waals surface area contributed by atoms with Crippen LogP contribution in [0, 0.1) is 11.6 Å². The van der Waals surface area contributed by atoms with Crippen LogP contribution in [0.5, 0.6) is 0 Å².